The average molecular weight is 318 g/mol. The minimum absolute atomic E-state index is 0.00390. The van der Waals surface area contributed by atoms with E-state index in [-0.39, 0.29) is 6.54 Å². The second-order valence-electron chi connectivity index (χ2n) is 6.88. The van der Waals surface area contributed by atoms with Crippen LogP contribution in [0.1, 0.15) is 46.0 Å². The number of hydrogen-bond acceptors (Lipinski definition) is 3. The van der Waals surface area contributed by atoms with Gasteiger partial charge in [0.05, 0.1) is 5.41 Å². The summed E-state index contributed by atoms with van der Waals surface area (Å²) in [4.78, 5) is 11.5. The van der Waals surface area contributed by atoms with Gasteiger partial charge in [-0.2, -0.15) is 12.7 Å². The van der Waals surface area contributed by atoms with E-state index in [4.69, 9.17) is 0 Å². The summed E-state index contributed by atoms with van der Waals surface area (Å²) in [6, 6.07) is 0. The molecule has 2 N–H and O–H groups in total. The lowest BCUT2D eigenvalue weighted by Crippen LogP contribution is -2.51. The number of aliphatic carboxylic acids is 1. The molecule has 1 saturated carbocycles. The summed E-state index contributed by atoms with van der Waals surface area (Å²) in [5.74, 6) is -0.210. The molecule has 0 aromatic heterocycles. The Morgan fingerprint density at radius 3 is 2.24 bits per heavy atom. The number of piperidine rings is 1. The Kier molecular flexibility index (Phi) is 4.95. The first-order valence-corrected chi connectivity index (χ1v) is 9.17. The molecule has 2 atom stereocenters. The van der Waals surface area contributed by atoms with E-state index in [2.05, 4.69) is 4.72 Å². The van der Waals surface area contributed by atoms with Crippen LogP contribution in [0, 0.1) is 17.3 Å². The zero-order chi connectivity index (χ0) is 15.7. The van der Waals surface area contributed by atoms with Crippen LogP contribution in [0.2, 0.25) is 0 Å². The Bertz CT molecular complexity index is 475. The smallest absolute Gasteiger partial charge is 0.310 e. The number of nitrogens with one attached hydrogen (secondary N) is 1. The lowest BCUT2D eigenvalue weighted by molar-refractivity contribution is -0.148. The molecule has 0 radical (unpaired) electrons. The molecule has 21 heavy (non-hydrogen) atoms. The third-order valence-corrected chi connectivity index (χ3v) is 6.27. The molecule has 6 nitrogen and oxygen atoms in total. The number of carboxylic acid groups (broad SMARTS) is 1. The fraction of sp³-hybridized carbons (Fsp3) is 0.929. The van der Waals surface area contributed by atoms with Crippen LogP contribution in [-0.4, -0.2) is 43.4 Å². The zero-order valence-electron chi connectivity index (χ0n) is 12.8. The normalized spacial score (nSPS) is 30.4. The predicted octanol–water partition coefficient (Wildman–Crippen LogP) is 1.44. The number of carbonyl (C=O) groups is 1. The van der Waals surface area contributed by atoms with Gasteiger partial charge in [-0.1, -0.05) is 26.7 Å². The highest BCUT2D eigenvalue weighted by Crippen LogP contribution is 2.38. The van der Waals surface area contributed by atoms with Crippen molar-refractivity contribution in [1.82, 2.24) is 9.03 Å². The third kappa shape index (κ3) is 3.76. The van der Waals surface area contributed by atoms with Crippen LogP contribution in [0.4, 0.5) is 0 Å². The van der Waals surface area contributed by atoms with E-state index in [1.165, 1.54) is 4.31 Å². The van der Waals surface area contributed by atoms with Crippen LogP contribution in [0.25, 0.3) is 0 Å². The van der Waals surface area contributed by atoms with Gasteiger partial charge < -0.3 is 5.11 Å². The fourth-order valence-electron chi connectivity index (χ4n) is 3.64. The summed E-state index contributed by atoms with van der Waals surface area (Å²) >= 11 is 0. The third-order valence-electron chi connectivity index (χ3n) is 4.78. The molecule has 1 aliphatic carbocycles. The van der Waals surface area contributed by atoms with E-state index in [9.17, 15) is 18.3 Å². The van der Waals surface area contributed by atoms with Crippen molar-refractivity contribution >= 4 is 16.2 Å². The second kappa shape index (κ2) is 6.22. The maximum atomic E-state index is 12.4. The van der Waals surface area contributed by atoms with Gasteiger partial charge in [0.1, 0.15) is 0 Å². The predicted molar refractivity (Wildman–Crippen MR) is 80.0 cm³/mol. The van der Waals surface area contributed by atoms with Gasteiger partial charge in [0.25, 0.3) is 10.2 Å². The van der Waals surface area contributed by atoms with Crippen LogP contribution in [0.3, 0.4) is 0 Å². The summed E-state index contributed by atoms with van der Waals surface area (Å²) in [6.45, 7) is 5.13. The van der Waals surface area contributed by atoms with E-state index in [0.717, 1.165) is 19.3 Å². The SMILES string of the molecule is CC1CC(C)CN(S(=O)(=O)NCC2(C(=O)O)CCCC2)C1. The van der Waals surface area contributed by atoms with Gasteiger partial charge in [0, 0.05) is 19.6 Å². The summed E-state index contributed by atoms with van der Waals surface area (Å²) in [6.07, 6.45) is 3.85. The molecule has 0 aromatic carbocycles. The fourth-order valence-corrected chi connectivity index (χ4v) is 5.18. The van der Waals surface area contributed by atoms with Gasteiger partial charge >= 0.3 is 5.97 Å². The van der Waals surface area contributed by atoms with Gasteiger partial charge in [-0.15, -0.1) is 0 Å². The molecular weight excluding hydrogens is 292 g/mol. The Labute approximate surface area is 127 Å². The van der Waals surface area contributed by atoms with E-state index < -0.39 is 21.6 Å². The highest BCUT2D eigenvalue weighted by atomic mass is 32.2. The van der Waals surface area contributed by atoms with Crippen molar-refractivity contribution in [2.24, 2.45) is 17.3 Å². The number of hydrogen-bond donors (Lipinski definition) is 2. The van der Waals surface area contributed by atoms with Crippen LogP contribution in [0.15, 0.2) is 0 Å². The number of carboxylic acids is 1. The van der Waals surface area contributed by atoms with E-state index in [1.807, 2.05) is 13.8 Å². The van der Waals surface area contributed by atoms with Gasteiger partial charge in [-0.3, -0.25) is 4.79 Å². The largest absolute Gasteiger partial charge is 0.481 e. The molecule has 7 heteroatoms. The molecule has 0 aromatic rings. The zero-order valence-corrected chi connectivity index (χ0v) is 13.7. The van der Waals surface area contributed by atoms with E-state index in [1.54, 1.807) is 0 Å². The molecule has 0 amide bonds. The molecule has 2 aliphatic rings. The first-order chi connectivity index (χ1) is 9.75. The van der Waals surface area contributed by atoms with Crippen molar-refractivity contribution < 1.29 is 18.3 Å². The minimum atomic E-state index is -3.59. The maximum absolute atomic E-state index is 12.4. The number of rotatable bonds is 5. The minimum Gasteiger partial charge on any atom is -0.481 e. The van der Waals surface area contributed by atoms with Crippen LogP contribution in [-0.2, 0) is 15.0 Å². The molecule has 1 heterocycles. The summed E-state index contributed by atoms with van der Waals surface area (Å²) in [5.41, 5.74) is -0.917. The Morgan fingerprint density at radius 2 is 1.76 bits per heavy atom. The van der Waals surface area contributed by atoms with Crippen molar-refractivity contribution in [3.05, 3.63) is 0 Å². The molecule has 0 bridgehead atoms. The summed E-state index contributed by atoms with van der Waals surface area (Å²) < 4.78 is 28.9. The molecule has 0 spiro atoms. The Hall–Kier alpha value is -0.660. The average Bonchev–Trinajstić information content (AvgIpc) is 2.85. The standard InChI is InChI=1S/C14H26N2O4S/c1-11-7-12(2)9-16(8-11)21(19,20)15-10-14(13(17)18)5-3-4-6-14/h11-12,15H,3-10H2,1-2H3,(H,17,18). The van der Waals surface area contributed by atoms with Crippen molar-refractivity contribution in [3.63, 3.8) is 0 Å². The maximum Gasteiger partial charge on any atom is 0.310 e. The van der Waals surface area contributed by atoms with Crippen LogP contribution >= 0.6 is 0 Å². The first kappa shape index (κ1) is 16.7. The van der Waals surface area contributed by atoms with Crippen LogP contribution < -0.4 is 4.72 Å². The van der Waals surface area contributed by atoms with E-state index >= 15 is 0 Å². The Morgan fingerprint density at radius 1 is 1.24 bits per heavy atom. The van der Waals surface area contributed by atoms with Crippen LogP contribution in [0.5, 0.6) is 0 Å². The summed E-state index contributed by atoms with van der Waals surface area (Å²) in [5, 5.41) is 9.41. The van der Waals surface area contributed by atoms with Crippen molar-refractivity contribution in [1.29, 1.82) is 0 Å². The topological polar surface area (TPSA) is 86.7 Å². The number of nitrogens with zero attached hydrogens (tertiary/aromatic N) is 1. The van der Waals surface area contributed by atoms with Crippen molar-refractivity contribution in [2.45, 2.75) is 46.0 Å². The second-order valence-corrected chi connectivity index (χ2v) is 8.64. The lowest BCUT2D eigenvalue weighted by atomic mass is 9.87. The van der Waals surface area contributed by atoms with Crippen molar-refractivity contribution in [3.8, 4) is 0 Å². The molecule has 1 aliphatic heterocycles. The van der Waals surface area contributed by atoms with Gasteiger partial charge in [0.2, 0.25) is 0 Å². The lowest BCUT2D eigenvalue weighted by Gasteiger charge is -2.35. The highest BCUT2D eigenvalue weighted by molar-refractivity contribution is 7.87. The Balaban J connectivity index is 2.02. The van der Waals surface area contributed by atoms with Gasteiger partial charge in [-0.25, -0.2) is 4.72 Å². The van der Waals surface area contributed by atoms with Crippen molar-refractivity contribution in [2.75, 3.05) is 19.6 Å². The van der Waals surface area contributed by atoms with E-state index in [0.29, 0.717) is 37.8 Å². The molecule has 2 fully saturated rings. The monoisotopic (exact) mass is 318 g/mol. The molecule has 2 unspecified atom stereocenters. The quantitative estimate of drug-likeness (QED) is 0.803. The summed E-state index contributed by atoms with van der Waals surface area (Å²) in [7, 11) is -3.59. The highest BCUT2D eigenvalue weighted by Gasteiger charge is 2.42. The first-order valence-electron chi connectivity index (χ1n) is 7.73. The molecular formula is C14H26N2O4S. The van der Waals surface area contributed by atoms with Gasteiger partial charge in [0.15, 0.2) is 0 Å². The van der Waals surface area contributed by atoms with Gasteiger partial charge in [-0.05, 0) is 31.1 Å². The molecule has 2 rings (SSSR count). The molecule has 1 saturated heterocycles. The molecule has 122 valence electrons.